The van der Waals surface area contributed by atoms with E-state index < -0.39 is 23.5 Å². The van der Waals surface area contributed by atoms with Crippen LogP contribution in [0.25, 0.3) is 0 Å². The zero-order valence-electron chi connectivity index (χ0n) is 11.4. The molecule has 2 amide bonds. The second-order valence-corrected chi connectivity index (χ2v) is 5.19. The number of hydrogen-bond donors (Lipinski definition) is 3. The van der Waals surface area contributed by atoms with Crippen LogP contribution in [0.2, 0.25) is 0 Å². The number of hydrogen-bond acceptors (Lipinski definition) is 5. The Balaban J connectivity index is 2.52. The molecule has 1 atom stereocenters. The molecule has 0 aromatic carbocycles. The molecule has 1 aromatic rings. The van der Waals surface area contributed by atoms with E-state index >= 15 is 0 Å². The van der Waals surface area contributed by atoms with Crippen molar-refractivity contribution in [1.29, 1.82) is 0 Å². The molecule has 1 rings (SSSR count). The van der Waals surface area contributed by atoms with Crippen molar-refractivity contribution in [3.63, 3.8) is 0 Å². The highest BCUT2D eigenvalue weighted by Gasteiger charge is 2.32. The number of carbonyl (C=O) groups is 2. The molecule has 0 aliphatic carbocycles. The van der Waals surface area contributed by atoms with Gasteiger partial charge in [-0.05, 0) is 5.41 Å². The molecule has 0 aliphatic rings. The van der Waals surface area contributed by atoms with Crippen molar-refractivity contribution in [2.75, 3.05) is 0 Å². The Labute approximate surface area is 110 Å². The van der Waals surface area contributed by atoms with Crippen LogP contribution < -0.4 is 10.6 Å². The Morgan fingerprint density at radius 1 is 1.42 bits per heavy atom. The minimum absolute atomic E-state index is 0.0691. The van der Waals surface area contributed by atoms with E-state index in [-0.39, 0.29) is 6.54 Å². The topological polar surface area (TPSA) is 117 Å². The van der Waals surface area contributed by atoms with Crippen molar-refractivity contribution < 1.29 is 19.2 Å². The van der Waals surface area contributed by atoms with Gasteiger partial charge in [0.05, 0.1) is 6.54 Å². The molecule has 0 spiro atoms. The van der Waals surface area contributed by atoms with Gasteiger partial charge in [0, 0.05) is 6.92 Å². The fraction of sp³-hybridized carbons (Fsp3) is 0.636. The molecule has 8 heteroatoms. The molecule has 0 fully saturated rings. The molecule has 0 saturated heterocycles. The van der Waals surface area contributed by atoms with Crippen LogP contribution in [0.5, 0.6) is 0 Å². The first-order chi connectivity index (χ1) is 8.70. The van der Waals surface area contributed by atoms with Crippen LogP contribution >= 0.6 is 0 Å². The number of carboxylic acids is 1. The third-order valence-electron chi connectivity index (χ3n) is 2.37. The molecule has 0 radical (unpaired) electrons. The van der Waals surface area contributed by atoms with Gasteiger partial charge in [0.2, 0.25) is 5.89 Å². The summed E-state index contributed by atoms with van der Waals surface area (Å²) >= 11 is 0. The number of aliphatic carboxylic acids is 1. The minimum atomic E-state index is -1.09. The normalized spacial score (nSPS) is 12.8. The first-order valence-corrected chi connectivity index (χ1v) is 5.76. The molecule has 0 bridgehead atoms. The zero-order valence-corrected chi connectivity index (χ0v) is 11.4. The largest absolute Gasteiger partial charge is 0.480 e. The average Bonchev–Trinajstić information content (AvgIpc) is 2.67. The number of carbonyl (C=O) groups excluding carboxylic acids is 1. The monoisotopic (exact) mass is 270 g/mol. The van der Waals surface area contributed by atoms with Crippen LogP contribution in [-0.4, -0.2) is 33.3 Å². The smallest absolute Gasteiger partial charge is 0.326 e. The van der Waals surface area contributed by atoms with E-state index in [1.54, 1.807) is 27.7 Å². The number of rotatable bonds is 4. The fourth-order valence-electron chi connectivity index (χ4n) is 1.40. The maximum absolute atomic E-state index is 11.6. The summed E-state index contributed by atoms with van der Waals surface area (Å²) in [6.45, 7) is 6.90. The number of aromatic nitrogens is 2. The van der Waals surface area contributed by atoms with Crippen LogP contribution in [0.3, 0.4) is 0 Å². The van der Waals surface area contributed by atoms with Gasteiger partial charge in [-0.1, -0.05) is 25.9 Å². The molecule has 3 N–H and O–H groups in total. The second kappa shape index (κ2) is 5.68. The molecule has 0 aliphatic heterocycles. The van der Waals surface area contributed by atoms with Gasteiger partial charge in [-0.2, -0.15) is 4.98 Å². The lowest BCUT2D eigenvalue weighted by atomic mass is 9.87. The fourth-order valence-corrected chi connectivity index (χ4v) is 1.40. The molecule has 8 nitrogen and oxygen atoms in total. The quantitative estimate of drug-likeness (QED) is 0.740. The summed E-state index contributed by atoms with van der Waals surface area (Å²) in [6.07, 6.45) is 0. The summed E-state index contributed by atoms with van der Waals surface area (Å²) in [5.41, 5.74) is -0.591. The minimum Gasteiger partial charge on any atom is -0.480 e. The Kier molecular flexibility index (Phi) is 4.47. The first-order valence-electron chi connectivity index (χ1n) is 5.76. The van der Waals surface area contributed by atoms with Crippen molar-refractivity contribution in [3.05, 3.63) is 11.7 Å². The first kappa shape index (κ1) is 14.9. The Hall–Kier alpha value is -2.12. The van der Waals surface area contributed by atoms with E-state index in [1.807, 2.05) is 0 Å². The molecular formula is C11H18N4O4. The highest BCUT2D eigenvalue weighted by molar-refractivity contribution is 5.83. The summed E-state index contributed by atoms with van der Waals surface area (Å²) in [5.74, 6) is -0.358. The van der Waals surface area contributed by atoms with Gasteiger partial charge in [-0.25, -0.2) is 9.59 Å². The van der Waals surface area contributed by atoms with Gasteiger partial charge in [-0.3, -0.25) is 0 Å². The maximum Gasteiger partial charge on any atom is 0.326 e. The summed E-state index contributed by atoms with van der Waals surface area (Å²) in [5, 5.41) is 17.5. The van der Waals surface area contributed by atoms with E-state index in [4.69, 9.17) is 9.63 Å². The standard InChI is InChI=1S/C11H18N4O4/c1-6-13-7(15-19-6)5-12-10(18)14-8(9(16)17)11(2,3)4/h8H,5H2,1-4H3,(H,16,17)(H2,12,14,18)/t8-/m1/s1. The number of aryl methyl sites for hydroxylation is 1. The second-order valence-electron chi connectivity index (χ2n) is 5.19. The third-order valence-corrected chi connectivity index (χ3v) is 2.37. The molecule has 106 valence electrons. The summed E-state index contributed by atoms with van der Waals surface area (Å²) in [4.78, 5) is 26.6. The van der Waals surface area contributed by atoms with E-state index in [0.717, 1.165) is 0 Å². The van der Waals surface area contributed by atoms with Gasteiger partial charge in [-0.15, -0.1) is 0 Å². The van der Waals surface area contributed by atoms with Crippen LogP contribution in [0.1, 0.15) is 32.5 Å². The summed E-state index contributed by atoms with van der Waals surface area (Å²) in [7, 11) is 0. The Morgan fingerprint density at radius 2 is 2.05 bits per heavy atom. The number of nitrogens with one attached hydrogen (secondary N) is 2. The van der Waals surface area contributed by atoms with E-state index in [9.17, 15) is 9.59 Å². The third kappa shape index (κ3) is 4.57. The molecule has 0 saturated carbocycles. The molecular weight excluding hydrogens is 252 g/mol. The molecule has 19 heavy (non-hydrogen) atoms. The number of nitrogens with zero attached hydrogens (tertiary/aromatic N) is 2. The van der Waals surface area contributed by atoms with Gasteiger partial charge in [0.1, 0.15) is 6.04 Å². The van der Waals surface area contributed by atoms with Gasteiger partial charge in [0.25, 0.3) is 0 Å². The number of urea groups is 1. The van der Waals surface area contributed by atoms with Crippen LogP contribution in [0.15, 0.2) is 4.52 Å². The zero-order chi connectivity index (χ0) is 14.6. The van der Waals surface area contributed by atoms with E-state index in [1.165, 1.54) is 0 Å². The molecule has 1 heterocycles. The predicted molar refractivity (Wildman–Crippen MR) is 65.3 cm³/mol. The Morgan fingerprint density at radius 3 is 2.47 bits per heavy atom. The summed E-state index contributed by atoms with van der Waals surface area (Å²) in [6, 6.07) is -1.58. The molecule has 1 aromatic heterocycles. The predicted octanol–water partition coefficient (Wildman–Crippen LogP) is 0.677. The van der Waals surface area contributed by atoms with E-state index in [0.29, 0.717) is 11.7 Å². The van der Waals surface area contributed by atoms with Crippen molar-refractivity contribution in [2.45, 2.75) is 40.3 Å². The van der Waals surface area contributed by atoms with Crippen molar-refractivity contribution in [2.24, 2.45) is 5.41 Å². The highest BCUT2D eigenvalue weighted by atomic mass is 16.5. The Bertz CT molecular complexity index is 464. The number of carboxylic acid groups (broad SMARTS) is 1. The van der Waals surface area contributed by atoms with E-state index in [2.05, 4.69) is 20.8 Å². The van der Waals surface area contributed by atoms with Gasteiger partial charge in [0.15, 0.2) is 5.82 Å². The van der Waals surface area contributed by atoms with Crippen LogP contribution in [-0.2, 0) is 11.3 Å². The molecule has 0 unspecified atom stereocenters. The van der Waals surface area contributed by atoms with Gasteiger partial charge >= 0.3 is 12.0 Å². The van der Waals surface area contributed by atoms with Crippen LogP contribution in [0.4, 0.5) is 4.79 Å². The lowest BCUT2D eigenvalue weighted by Gasteiger charge is -2.27. The van der Waals surface area contributed by atoms with Crippen LogP contribution in [0, 0.1) is 12.3 Å². The summed E-state index contributed by atoms with van der Waals surface area (Å²) < 4.78 is 4.74. The number of amides is 2. The highest BCUT2D eigenvalue weighted by Crippen LogP contribution is 2.19. The van der Waals surface area contributed by atoms with Crippen molar-refractivity contribution in [3.8, 4) is 0 Å². The van der Waals surface area contributed by atoms with Crippen molar-refractivity contribution in [1.82, 2.24) is 20.8 Å². The lowest BCUT2D eigenvalue weighted by Crippen LogP contribution is -2.52. The SMILES string of the molecule is Cc1nc(CNC(=O)N[C@H](C(=O)O)C(C)(C)C)no1. The van der Waals surface area contributed by atoms with Crippen molar-refractivity contribution >= 4 is 12.0 Å². The maximum atomic E-state index is 11.6. The average molecular weight is 270 g/mol. The lowest BCUT2D eigenvalue weighted by molar-refractivity contribution is -0.141. The van der Waals surface area contributed by atoms with Gasteiger partial charge < -0.3 is 20.3 Å².